The number of rotatable bonds is 6. The second-order valence-corrected chi connectivity index (χ2v) is 4.80. The van der Waals surface area contributed by atoms with Gasteiger partial charge in [-0.1, -0.05) is 31.5 Å². The van der Waals surface area contributed by atoms with Crippen molar-refractivity contribution in [3.05, 3.63) is 29.8 Å². The van der Waals surface area contributed by atoms with E-state index in [0.29, 0.717) is 12.5 Å². The molecule has 1 aromatic carbocycles. The van der Waals surface area contributed by atoms with E-state index in [1.54, 1.807) is 0 Å². The Balaban J connectivity index is 2.40. The summed E-state index contributed by atoms with van der Waals surface area (Å²) in [5.74, 6) is 1.72. The molecule has 0 aromatic heterocycles. The van der Waals surface area contributed by atoms with Gasteiger partial charge in [0.1, 0.15) is 5.75 Å². The van der Waals surface area contributed by atoms with Gasteiger partial charge >= 0.3 is 0 Å². The van der Waals surface area contributed by atoms with Gasteiger partial charge in [0.05, 0.1) is 6.61 Å². The lowest BCUT2D eigenvalue weighted by Gasteiger charge is -2.17. The maximum Gasteiger partial charge on any atom is 0.119 e. The van der Waals surface area contributed by atoms with Crippen LogP contribution in [-0.2, 0) is 0 Å². The first-order valence-electron chi connectivity index (χ1n) is 5.92. The molecular formula is C14H22O2. The Hall–Kier alpha value is -1.02. The maximum atomic E-state index is 9.22. The van der Waals surface area contributed by atoms with E-state index >= 15 is 0 Å². The molecule has 90 valence electrons. The smallest absolute Gasteiger partial charge is 0.119 e. The van der Waals surface area contributed by atoms with Gasteiger partial charge in [0, 0.05) is 12.5 Å². The molecule has 1 atom stereocenters. The van der Waals surface area contributed by atoms with Crippen molar-refractivity contribution in [1.29, 1.82) is 0 Å². The average Bonchev–Trinajstić information content (AvgIpc) is 2.26. The minimum absolute atomic E-state index is 0.198. The first-order chi connectivity index (χ1) is 7.61. The molecule has 0 aliphatic carbocycles. The molecule has 16 heavy (non-hydrogen) atoms. The van der Waals surface area contributed by atoms with Crippen molar-refractivity contribution in [2.45, 2.75) is 27.2 Å². The van der Waals surface area contributed by atoms with Gasteiger partial charge in [-0.3, -0.25) is 0 Å². The molecule has 1 aromatic rings. The van der Waals surface area contributed by atoms with Crippen LogP contribution in [0, 0.1) is 18.8 Å². The number of ether oxygens (including phenoxy) is 1. The third kappa shape index (κ3) is 4.67. The summed E-state index contributed by atoms with van der Waals surface area (Å²) in [5, 5.41) is 9.22. The van der Waals surface area contributed by atoms with E-state index in [2.05, 4.69) is 20.8 Å². The van der Waals surface area contributed by atoms with Crippen molar-refractivity contribution in [2.24, 2.45) is 11.8 Å². The lowest BCUT2D eigenvalue weighted by Crippen LogP contribution is -2.18. The molecule has 0 spiro atoms. The molecule has 0 amide bonds. The maximum absolute atomic E-state index is 9.22. The van der Waals surface area contributed by atoms with Crippen molar-refractivity contribution < 1.29 is 9.84 Å². The van der Waals surface area contributed by atoms with E-state index in [4.69, 9.17) is 4.74 Å². The summed E-state index contributed by atoms with van der Waals surface area (Å²) in [6.07, 6.45) is 1.00. The van der Waals surface area contributed by atoms with Crippen molar-refractivity contribution in [1.82, 2.24) is 0 Å². The standard InChI is InChI=1S/C14H22O2/c1-11(2)8-13(9-15)10-16-14-6-4-12(3)5-7-14/h4-7,11,13,15H,8-10H2,1-3H3. The lowest BCUT2D eigenvalue weighted by atomic mass is 9.99. The number of hydrogen-bond acceptors (Lipinski definition) is 2. The van der Waals surface area contributed by atoms with Crippen LogP contribution in [0.5, 0.6) is 5.75 Å². The molecule has 2 nitrogen and oxygen atoms in total. The minimum Gasteiger partial charge on any atom is -0.493 e. The summed E-state index contributed by atoms with van der Waals surface area (Å²) < 4.78 is 5.65. The monoisotopic (exact) mass is 222 g/mol. The topological polar surface area (TPSA) is 29.5 Å². The third-order valence-corrected chi connectivity index (χ3v) is 2.57. The van der Waals surface area contributed by atoms with Gasteiger partial charge in [0.15, 0.2) is 0 Å². The van der Waals surface area contributed by atoms with E-state index in [-0.39, 0.29) is 12.5 Å². The Morgan fingerprint density at radius 2 is 1.81 bits per heavy atom. The summed E-state index contributed by atoms with van der Waals surface area (Å²) in [4.78, 5) is 0. The number of aliphatic hydroxyl groups excluding tert-OH is 1. The van der Waals surface area contributed by atoms with Crippen LogP contribution < -0.4 is 4.74 Å². The zero-order chi connectivity index (χ0) is 12.0. The normalized spacial score (nSPS) is 12.8. The van der Waals surface area contributed by atoms with Crippen molar-refractivity contribution >= 4 is 0 Å². The van der Waals surface area contributed by atoms with E-state index in [9.17, 15) is 5.11 Å². The highest BCUT2D eigenvalue weighted by molar-refractivity contribution is 5.26. The van der Waals surface area contributed by atoms with Crippen LogP contribution in [-0.4, -0.2) is 18.3 Å². The fourth-order valence-electron chi connectivity index (χ4n) is 1.71. The number of aliphatic hydroxyl groups is 1. The Labute approximate surface area is 98.3 Å². The van der Waals surface area contributed by atoms with E-state index in [1.165, 1.54) is 5.56 Å². The summed E-state index contributed by atoms with van der Waals surface area (Å²) in [7, 11) is 0. The number of benzene rings is 1. The van der Waals surface area contributed by atoms with Gasteiger partial charge in [-0.25, -0.2) is 0 Å². The Morgan fingerprint density at radius 1 is 1.19 bits per heavy atom. The van der Waals surface area contributed by atoms with Gasteiger partial charge in [-0.15, -0.1) is 0 Å². The van der Waals surface area contributed by atoms with Gasteiger partial charge in [0.25, 0.3) is 0 Å². The van der Waals surface area contributed by atoms with Crippen LogP contribution in [0.25, 0.3) is 0 Å². The quantitative estimate of drug-likeness (QED) is 0.801. The van der Waals surface area contributed by atoms with Gasteiger partial charge in [-0.2, -0.15) is 0 Å². The summed E-state index contributed by atoms with van der Waals surface area (Å²) in [5.41, 5.74) is 1.23. The number of hydrogen-bond donors (Lipinski definition) is 1. The van der Waals surface area contributed by atoms with Crippen LogP contribution in [0.2, 0.25) is 0 Å². The van der Waals surface area contributed by atoms with Gasteiger partial charge in [-0.05, 0) is 31.4 Å². The van der Waals surface area contributed by atoms with Crippen LogP contribution in [0.1, 0.15) is 25.8 Å². The van der Waals surface area contributed by atoms with Crippen LogP contribution in [0.3, 0.4) is 0 Å². The highest BCUT2D eigenvalue weighted by Crippen LogP contribution is 2.16. The molecule has 0 radical (unpaired) electrons. The second kappa shape index (κ2) is 6.54. The van der Waals surface area contributed by atoms with Gasteiger partial charge in [0.2, 0.25) is 0 Å². The summed E-state index contributed by atoms with van der Waals surface area (Å²) in [6, 6.07) is 8.01. The van der Waals surface area contributed by atoms with Crippen molar-refractivity contribution in [2.75, 3.05) is 13.2 Å². The van der Waals surface area contributed by atoms with E-state index in [1.807, 2.05) is 24.3 Å². The lowest BCUT2D eigenvalue weighted by molar-refractivity contribution is 0.146. The average molecular weight is 222 g/mol. The Bertz CT molecular complexity index is 290. The fourth-order valence-corrected chi connectivity index (χ4v) is 1.71. The largest absolute Gasteiger partial charge is 0.493 e. The molecule has 0 saturated carbocycles. The van der Waals surface area contributed by atoms with Crippen molar-refractivity contribution in [3.63, 3.8) is 0 Å². The molecule has 0 aliphatic rings. The second-order valence-electron chi connectivity index (χ2n) is 4.80. The molecule has 0 heterocycles. The summed E-state index contributed by atoms with van der Waals surface area (Å²) >= 11 is 0. The predicted octanol–water partition coefficient (Wildman–Crippen LogP) is 3.03. The molecule has 0 fully saturated rings. The first kappa shape index (κ1) is 13.0. The fraction of sp³-hybridized carbons (Fsp3) is 0.571. The third-order valence-electron chi connectivity index (χ3n) is 2.57. The highest BCUT2D eigenvalue weighted by Gasteiger charge is 2.10. The Kier molecular flexibility index (Phi) is 5.33. The van der Waals surface area contributed by atoms with Crippen LogP contribution >= 0.6 is 0 Å². The molecule has 2 heteroatoms. The summed E-state index contributed by atoms with van der Waals surface area (Å²) in [6.45, 7) is 7.17. The molecule has 1 unspecified atom stereocenters. The molecule has 1 N–H and O–H groups in total. The van der Waals surface area contributed by atoms with Gasteiger partial charge < -0.3 is 9.84 Å². The zero-order valence-electron chi connectivity index (χ0n) is 10.4. The zero-order valence-corrected chi connectivity index (χ0v) is 10.4. The molecule has 0 bridgehead atoms. The van der Waals surface area contributed by atoms with Crippen LogP contribution in [0.15, 0.2) is 24.3 Å². The van der Waals surface area contributed by atoms with Crippen molar-refractivity contribution in [3.8, 4) is 5.75 Å². The molecule has 0 aliphatic heterocycles. The van der Waals surface area contributed by atoms with Crippen LogP contribution in [0.4, 0.5) is 0 Å². The highest BCUT2D eigenvalue weighted by atomic mass is 16.5. The first-order valence-corrected chi connectivity index (χ1v) is 5.92. The molecule has 1 rings (SSSR count). The SMILES string of the molecule is Cc1ccc(OCC(CO)CC(C)C)cc1. The predicted molar refractivity (Wildman–Crippen MR) is 66.7 cm³/mol. The minimum atomic E-state index is 0.198. The Morgan fingerprint density at radius 3 is 2.31 bits per heavy atom. The molecule has 0 saturated heterocycles. The van der Waals surface area contributed by atoms with E-state index < -0.39 is 0 Å². The van der Waals surface area contributed by atoms with E-state index in [0.717, 1.165) is 12.2 Å². The molecular weight excluding hydrogens is 200 g/mol. The number of aryl methyl sites for hydroxylation is 1.